The Morgan fingerprint density at radius 1 is 1.47 bits per heavy atom. The lowest BCUT2D eigenvalue weighted by Gasteiger charge is -2.04. The van der Waals surface area contributed by atoms with Crippen LogP contribution in [0, 0.1) is 0 Å². The van der Waals surface area contributed by atoms with Crippen molar-refractivity contribution in [3.8, 4) is 5.75 Å². The highest BCUT2D eigenvalue weighted by atomic mass is 16.5. The minimum atomic E-state index is -0.0617. The lowest BCUT2D eigenvalue weighted by molar-refractivity contribution is 0.415. The number of nitrogens with zero attached hydrogens (tertiary/aromatic N) is 2. The lowest BCUT2D eigenvalue weighted by Crippen LogP contribution is -2.11. The number of ether oxygens (including phenoxy) is 1. The number of hydrogen-bond donors (Lipinski definition) is 1. The zero-order chi connectivity index (χ0) is 11.0. The van der Waals surface area contributed by atoms with Crippen LogP contribution in [0.3, 0.4) is 0 Å². The fourth-order valence-electron chi connectivity index (χ4n) is 1.73. The first kappa shape index (κ1) is 9.98. The highest BCUT2D eigenvalue weighted by Crippen LogP contribution is 2.22. The standard InChI is InChI=1S/C11H15N3O/c1-7(12)11-13-9-6-8(15-3)4-5-10(9)14(11)2/h4-7H,12H2,1-3H3/t7-/m0/s1. The third-order valence-corrected chi connectivity index (χ3v) is 2.53. The number of rotatable bonds is 2. The first-order chi connectivity index (χ1) is 7.13. The smallest absolute Gasteiger partial charge is 0.126 e. The van der Waals surface area contributed by atoms with Crippen LogP contribution in [-0.4, -0.2) is 16.7 Å². The van der Waals surface area contributed by atoms with Gasteiger partial charge in [-0.1, -0.05) is 0 Å². The molecule has 80 valence electrons. The third-order valence-electron chi connectivity index (χ3n) is 2.53. The number of hydrogen-bond acceptors (Lipinski definition) is 3. The molecular formula is C11H15N3O. The van der Waals surface area contributed by atoms with Gasteiger partial charge in [-0.05, 0) is 19.1 Å². The molecule has 0 amide bonds. The van der Waals surface area contributed by atoms with Crippen molar-refractivity contribution in [1.29, 1.82) is 0 Å². The predicted octanol–water partition coefficient (Wildman–Crippen LogP) is 1.60. The Morgan fingerprint density at radius 2 is 2.20 bits per heavy atom. The summed E-state index contributed by atoms with van der Waals surface area (Å²) in [4.78, 5) is 4.48. The largest absolute Gasteiger partial charge is 0.497 e. The lowest BCUT2D eigenvalue weighted by atomic mass is 10.3. The van der Waals surface area contributed by atoms with Gasteiger partial charge in [0.05, 0.1) is 24.2 Å². The Balaban J connectivity index is 2.65. The summed E-state index contributed by atoms with van der Waals surface area (Å²) in [7, 11) is 3.62. The number of benzene rings is 1. The minimum Gasteiger partial charge on any atom is -0.497 e. The van der Waals surface area contributed by atoms with E-state index < -0.39 is 0 Å². The van der Waals surface area contributed by atoms with Crippen LogP contribution < -0.4 is 10.5 Å². The van der Waals surface area contributed by atoms with E-state index in [9.17, 15) is 0 Å². The van der Waals surface area contributed by atoms with Crippen molar-refractivity contribution in [1.82, 2.24) is 9.55 Å². The molecule has 2 N–H and O–H groups in total. The Labute approximate surface area is 88.7 Å². The minimum absolute atomic E-state index is 0.0617. The number of imidazole rings is 1. The average molecular weight is 205 g/mol. The number of fused-ring (bicyclic) bond motifs is 1. The molecule has 0 spiro atoms. The van der Waals surface area contributed by atoms with E-state index in [1.807, 2.05) is 36.7 Å². The van der Waals surface area contributed by atoms with Gasteiger partial charge in [0, 0.05) is 13.1 Å². The summed E-state index contributed by atoms with van der Waals surface area (Å²) in [6, 6.07) is 5.77. The van der Waals surface area contributed by atoms with E-state index in [1.54, 1.807) is 7.11 Å². The fraction of sp³-hybridized carbons (Fsp3) is 0.364. The normalized spacial score (nSPS) is 13.1. The summed E-state index contributed by atoms with van der Waals surface area (Å²) in [6.45, 7) is 1.93. The van der Waals surface area contributed by atoms with Crippen molar-refractivity contribution in [2.75, 3.05) is 7.11 Å². The molecule has 4 nitrogen and oxygen atoms in total. The molecule has 0 radical (unpaired) electrons. The Bertz CT molecular complexity index is 488. The van der Waals surface area contributed by atoms with Gasteiger partial charge in [-0.15, -0.1) is 0 Å². The van der Waals surface area contributed by atoms with Gasteiger partial charge in [0.2, 0.25) is 0 Å². The van der Waals surface area contributed by atoms with Crippen LogP contribution in [0.2, 0.25) is 0 Å². The maximum atomic E-state index is 5.83. The molecule has 0 saturated heterocycles. The van der Waals surface area contributed by atoms with Crippen LogP contribution in [-0.2, 0) is 7.05 Å². The molecule has 4 heteroatoms. The van der Waals surface area contributed by atoms with Gasteiger partial charge < -0.3 is 15.0 Å². The van der Waals surface area contributed by atoms with Crippen LogP contribution in [0.5, 0.6) is 5.75 Å². The first-order valence-corrected chi connectivity index (χ1v) is 4.89. The van der Waals surface area contributed by atoms with Crippen LogP contribution in [0.15, 0.2) is 18.2 Å². The maximum Gasteiger partial charge on any atom is 0.126 e. The molecule has 0 saturated carbocycles. The molecule has 2 rings (SSSR count). The third kappa shape index (κ3) is 1.57. The topological polar surface area (TPSA) is 53.1 Å². The number of aryl methyl sites for hydroxylation is 1. The number of aromatic nitrogens is 2. The SMILES string of the molecule is COc1ccc2c(c1)nc([C@H](C)N)n2C. The van der Waals surface area contributed by atoms with Gasteiger partial charge in [0.15, 0.2) is 0 Å². The van der Waals surface area contributed by atoms with Crippen molar-refractivity contribution < 1.29 is 4.74 Å². The summed E-state index contributed by atoms with van der Waals surface area (Å²) in [6.07, 6.45) is 0. The van der Waals surface area contributed by atoms with Gasteiger partial charge in [-0.25, -0.2) is 4.98 Å². The summed E-state index contributed by atoms with van der Waals surface area (Å²) >= 11 is 0. The molecule has 0 bridgehead atoms. The van der Waals surface area contributed by atoms with Gasteiger partial charge >= 0.3 is 0 Å². The average Bonchev–Trinajstić information content (AvgIpc) is 2.55. The molecule has 0 aliphatic carbocycles. The van der Waals surface area contributed by atoms with E-state index in [0.29, 0.717) is 0 Å². The van der Waals surface area contributed by atoms with Crippen molar-refractivity contribution in [2.24, 2.45) is 12.8 Å². The maximum absolute atomic E-state index is 5.83. The van der Waals surface area contributed by atoms with Crippen LogP contribution in [0.1, 0.15) is 18.8 Å². The molecule has 1 atom stereocenters. The van der Waals surface area contributed by atoms with Crippen molar-refractivity contribution in [3.05, 3.63) is 24.0 Å². The monoisotopic (exact) mass is 205 g/mol. The van der Waals surface area contributed by atoms with Crippen LogP contribution in [0.4, 0.5) is 0 Å². The van der Waals surface area contributed by atoms with Crippen LogP contribution >= 0.6 is 0 Å². The molecule has 0 unspecified atom stereocenters. The van der Waals surface area contributed by atoms with E-state index in [1.165, 1.54) is 0 Å². The second-order valence-corrected chi connectivity index (χ2v) is 3.67. The quantitative estimate of drug-likeness (QED) is 0.810. The predicted molar refractivity (Wildman–Crippen MR) is 59.9 cm³/mol. The summed E-state index contributed by atoms with van der Waals surface area (Å²) in [5.41, 5.74) is 7.83. The Hall–Kier alpha value is -1.55. The second-order valence-electron chi connectivity index (χ2n) is 3.67. The fourth-order valence-corrected chi connectivity index (χ4v) is 1.73. The number of methoxy groups -OCH3 is 1. The van der Waals surface area contributed by atoms with E-state index in [2.05, 4.69) is 4.98 Å². The molecule has 0 aliphatic rings. The summed E-state index contributed by atoms with van der Waals surface area (Å²) in [5, 5.41) is 0. The van der Waals surface area contributed by atoms with Gasteiger partial charge in [0.1, 0.15) is 11.6 Å². The Kier molecular flexibility index (Phi) is 2.36. The van der Waals surface area contributed by atoms with Crippen molar-refractivity contribution in [3.63, 3.8) is 0 Å². The van der Waals surface area contributed by atoms with Crippen molar-refractivity contribution >= 4 is 11.0 Å². The van der Waals surface area contributed by atoms with Gasteiger partial charge in [0.25, 0.3) is 0 Å². The van der Waals surface area contributed by atoms with Gasteiger partial charge in [-0.2, -0.15) is 0 Å². The van der Waals surface area contributed by atoms with E-state index in [-0.39, 0.29) is 6.04 Å². The first-order valence-electron chi connectivity index (χ1n) is 4.89. The van der Waals surface area contributed by atoms with E-state index in [4.69, 9.17) is 10.5 Å². The molecule has 0 fully saturated rings. The zero-order valence-electron chi connectivity index (χ0n) is 9.19. The summed E-state index contributed by atoms with van der Waals surface area (Å²) in [5.74, 6) is 1.70. The van der Waals surface area contributed by atoms with E-state index >= 15 is 0 Å². The molecular weight excluding hydrogens is 190 g/mol. The summed E-state index contributed by atoms with van der Waals surface area (Å²) < 4.78 is 7.16. The second kappa shape index (κ2) is 3.55. The van der Waals surface area contributed by atoms with Crippen molar-refractivity contribution in [2.45, 2.75) is 13.0 Å². The molecule has 1 aromatic carbocycles. The molecule has 2 aromatic rings. The highest BCUT2D eigenvalue weighted by molar-refractivity contribution is 5.77. The molecule has 1 aromatic heterocycles. The van der Waals surface area contributed by atoms with E-state index in [0.717, 1.165) is 22.6 Å². The highest BCUT2D eigenvalue weighted by Gasteiger charge is 2.11. The molecule has 1 heterocycles. The zero-order valence-corrected chi connectivity index (χ0v) is 9.19. The van der Waals surface area contributed by atoms with Gasteiger partial charge in [-0.3, -0.25) is 0 Å². The Morgan fingerprint density at radius 3 is 2.80 bits per heavy atom. The van der Waals surface area contributed by atoms with Crippen LogP contribution in [0.25, 0.3) is 11.0 Å². The molecule has 15 heavy (non-hydrogen) atoms. The number of nitrogens with two attached hydrogens (primary N) is 1. The molecule has 0 aliphatic heterocycles.